The molecule has 0 saturated carbocycles. The average Bonchev–Trinajstić information content (AvgIpc) is 3.42. The first-order valence-electron chi connectivity index (χ1n) is 32.9. The molecule has 0 saturated heterocycles. The maximum absolute atomic E-state index is 12.8. The Morgan fingerprint density at radius 2 is 0.553 bits per heavy atom. The van der Waals surface area contributed by atoms with Crippen LogP contribution in [0.15, 0.2) is 72.9 Å². The number of esters is 3. The summed E-state index contributed by atoms with van der Waals surface area (Å²) in [6, 6.07) is 0. The molecule has 76 heavy (non-hydrogen) atoms. The van der Waals surface area contributed by atoms with Crippen molar-refractivity contribution in [2.45, 2.75) is 341 Å². The van der Waals surface area contributed by atoms with Crippen molar-refractivity contribution in [2.24, 2.45) is 0 Å². The van der Waals surface area contributed by atoms with E-state index in [2.05, 4.69) is 81.5 Å². The van der Waals surface area contributed by atoms with Crippen molar-refractivity contribution in [1.82, 2.24) is 0 Å². The SMILES string of the molecule is CC/C=C\C/C=C\C/C=C\C/C=C\C/C=C\CC(=O)OC(COC(=O)CCCCCCCCCCCCCC)COC(=O)CCCCCCCCCCCCCCCCCCCCC/C=C\CCCCCCCCCC. The zero-order valence-corrected chi connectivity index (χ0v) is 50.5. The van der Waals surface area contributed by atoms with E-state index in [0.717, 1.165) is 70.6 Å². The van der Waals surface area contributed by atoms with E-state index in [9.17, 15) is 14.4 Å². The van der Waals surface area contributed by atoms with Crippen LogP contribution >= 0.6 is 0 Å². The molecule has 0 radical (unpaired) electrons. The Labute approximate surface area is 472 Å². The second-order valence-electron chi connectivity index (χ2n) is 22.0. The van der Waals surface area contributed by atoms with E-state index < -0.39 is 12.1 Å². The van der Waals surface area contributed by atoms with E-state index in [4.69, 9.17) is 14.2 Å². The first-order chi connectivity index (χ1) is 37.5. The summed E-state index contributed by atoms with van der Waals surface area (Å²) in [4.78, 5) is 38.1. The molecule has 0 aromatic carbocycles. The highest BCUT2D eigenvalue weighted by Crippen LogP contribution is 2.17. The van der Waals surface area contributed by atoms with Gasteiger partial charge in [0.25, 0.3) is 0 Å². The molecule has 0 aliphatic heterocycles. The topological polar surface area (TPSA) is 78.9 Å². The van der Waals surface area contributed by atoms with Crippen LogP contribution in [0.4, 0.5) is 0 Å². The summed E-state index contributed by atoms with van der Waals surface area (Å²) >= 11 is 0. The van der Waals surface area contributed by atoms with Crippen molar-refractivity contribution in [1.29, 1.82) is 0 Å². The Balaban J connectivity index is 4.17. The molecule has 6 nitrogen and oxygen atoms in total. The van der Waals surface area contributed by atoms with E-state index in [1.165, 1.54) is 225 Å². The first kappa shape index (κ1) is 72.8. The van der Waals surface area contributed by atoms with Crippen molar-refractivity contribution >= 4 is 17.9 Å². The number of unbranched alkanes of at least 4 members (excludes halogenated alkanes) is 38. The van der Waals surface area contributed by atoms with Gasteiger partial charge in [0.15, 0.2) is 6.10 Å². The van der Waals surface area contributed by atoms with Gasteiger partial charge in [-0.25, -0.2) is 0 Å². The number of allylic oxidation sites excluding steroid dienone is 11. The highest BCUT2D eigenvalue weighted by Gasteiger charge is 2.19. The third-order valence-corrected chi connectivity index (χ3v) is 14.5. The molecule has 1 atom stereocenters. The molecule has 0 aromatic heterocycles. The summed E-state index contributed by atoms with van der Waals surface area (Å²) in [6.07, 6.45) is 84.0. The zero-order valence-electron chi connectivity index (χ0n) is 50.5. The Hall–Kier alpha value is -3.15. The van der Waals surface area contributed by atoms with E-state index >= 15 is 0 Å². The van der Waals surface area contributed by atoms with E-state index in [0.29, 0.717) is 12.8 Å². The number of hydrogen-bond donors (Lipinski definition) is 0. The highest BCUT2D eigenvalue weighted by molar-refractivity contribution is 5.72. The molecule has 1 unspecified atom stereocenters. The molecule has 0 amide bonds. The van der Waals surface area contributed by atoms with Gasteiger partial charge in [0.2, 0.25) is 0 Å². The summed E-state index contributed by atoms with van der Waals surface area (Å²) in [5.74, 6) is -1.03. The highest BCUT2D eigenvalue weighted by atomic mass is 16.6. The molecule has 440 valence electrons. The van der Waals surface area contributed by atoms with Gasteiger partial charge in [-0.05, 0) is 70.6 Å². The van der Waals surface area contributed by atoms with Crippen molar-refractivity contribution in [3.63, 3.8) is 0 Å². The van der Waals surface area contributed by atoms with Crippen molar-refractivity contribution in [2.75, 3.05) is 13.2 Å². The minimum atomic E-state index is -0.827. The molecule has 0 aliphatic carbocycles. The minimum Gasteiger partial charge on any atom is -0.462 e. The van der Waals surface area contributed by atoms with Crippen LogP contribution in [0.1, 0.15) is 335 Å². The molecule has 0 fully saturated rings. The predicted octanol–water partition coefficient (Wildman–Crippen LogP) is 22.5. The van der Waals surface area contributed by atoms with Crippen molar-refractivity contribution in [3.05, 3.63) is 72.9 Å². The van der Waals surface area contributed by atoms with Gasteiger partial charge < -0.3 is 14.2 Å². The molecule has 0 spiro atoms. The Morgan fingerprint density at radius 1 is 0.289 bits per heavy atom. The van der Waals surface area contributed by atoms with Crippen LogP contribution in [0.25, 0.3) is 0 Å². The number of rotatable bonds is 60. The Bertz CT molecular complexity index is 1400. The van der Waals surface area contributed by atoms with Gasteiger partial charge in [-0.2, -0.15) is 0 Å². The van der Waals surface area contributed by atoms with Crippen LogP contribution in [0.2, 0.25) is 0 Å². The number of ether oxygens (including phenoxy) is 3. The van der Waals surface area contributed by atoms with Gasteiger partial charge in [0.1, 0.15) is 13.2 Å². The zero-order chi connectivity index (χ0) is 55.0. The normalized spacial score (nSPS) is 12.5. The number of carbonyl (C=O) groups excluding carboxylic acids is 3. The van der Waals surface area contributed by atoms with Crippen LogP contribution < -0.4 is 0 Å². The van der Waals surface area contributed by atoms with E-state index in [1.54, 1.807) is 6.08 Å². The van der Waals surface area contributed by atoms with Crippen LogP contribution in [-0.2, 0) is 28.6 Å². The third kappa shape index (κ3) is 61.7. The molecule has 0 aromatic rings. The monoisotopic (exact) mass is 1060 g/mol. The quantitative estimate of drug-likeness (QED) is 0.0261. The van der Waals surface area contributed by atoms with Crippen LogP contribution in [0.5, 0.6) is 0 Å². The summed E-state index contributed by atoms with van der Waals surface area (Å²) < 4.78 is 16.8. The first-order valence-corrected chi connectivity index (χ1v) is 32.9. The standard InChI is InChI=1S/C70H124O6/c1-4-7-10-13-16-19-22-25-27-28-29-30-31-32-33-34-35-36-37-38-39-40-41-42-44-45-48-51-54-57-60-63-69(72)75-66-67(65-74-68(71)62-59-56-53-50-47-24-21-18-15-12-9-6-3)76-70(73)64-61-58-55-52-49-46-43-26-23-20-17-14-11-8-5-2/h8,11,17,20,26,28-29,43,49,52,58,61,67H,4-7,9-10,12-16,18-19,21-25,27,30-42,44-48,50-51,53-57,59-60,62-66H2,1-3H3/b11-8-,20-17-,29-28-,43-26-,52-49-,61-58-. The lowest BCUT2D eigenvalue weighted by molar-refractivity contribution is -0.166. The van der Waals surface area contributed by atoms with Gasteiger partial charge in [0, 0.05) is 12.8 Å². The molecule has 6 heteroatoms. The molecule has 0 bridgehead atoms. The van der Waals surface area contributed by atoms with Crippen LogP contribution in [-0.4, -0.2) is 37.2 Å². The van der Waals surface area contributed by atoms with Crippen LogP contribution in [0.3, 0.4) is 0 Å². The fourth-order valence-corrected chi connectivity index (χ4v) is 9.58. The number of hydrogen-bond acceptors (Lipinski definition) is 6. The molecule has 0 aliphatic rings. The lowest BCUT2D eigenvalue weighted by Crippen LogP contribution is -2.30. The minimum absolute atomic E-state index is 0.100. The molecule has 0 rings (SSSR count). The summed E-state index contributed by atoms with van der Waals surface area (Å²) in [5.41, 5.74) is 0. The maximum Gasteiger partial charge on any atom is 0.310 e. The molecule has 0 N–H and O–H groups in total. The lowest BCUT2D eigenvalue weighted by Gasteiger charge is -2.18. The lowest BCUT2D eigenvalue weighted by atomic mass is 10.0. The van der Waals surface area contributed by atoms with Crippen LogP contribution in [0, 0.1) is 0 Å². The largest absolute Gasteiger partial charge is 0.462 e. The predicted molar refractivity (Wildman–Crippen MR) is 330 cm³/mol. The Morgan fingerprint density at radius 3 is 0.855 bits per heavy atom. The molecular weight excluding hydrogens is 937 g/mol. The average molecular weight is 1060 g/mol. The van der Waals surface area contributed by atoms with Crippen molar-refractivity contribution < 1.29 is 28.6 Å². The van der Waals surface area contributed by atoms with Gasteiger partial charge in [-0.3, -0.25) is 14.4 Å². The smallest absolute Gasteiger partial charge is 0.310 e. The van der Waals surface area contributed by atoms with Gasteiger partial charge in [0.05, 0.1) is 6.42 Å². The second kappa shape index (κ2) is 64.4. The number of carbonyl (C=O) groups is 3. The maximum atomic E-state index is 12.8. The Kier molecular flexibility index (Phi) is 61.7. The van der Waals surface area contributed by atoms with Gasteiger partial charge >= 0.3 is 17.9 Å². The van der Waals surface area contributed by atoms with Gasteiger partial charge in [-0.1, -0.05) is 318 Å². The fourth-order valence-electron chi connectivity index (χ4n) is 9.58. The van der Waals surface area contributed by atoms with E-state index in [1.807, 2.05) is 6.08 Å². The molecule has 0 heterocycles. The van der Waals surface area contributed by atoms with Gasteiger partial charge in [-0.15, -0.1) is 0 Å². The summed E-state index contributed by atoms with van der Waals surface area (Å²) in [7, 11) is 0. The van der Waals surface area contributed by atoms with E-state index in [-0.39, 0.29) is 31.6 Å². The summed E-state index contributed by atoms with van der Waals surface area (Å²) in [6.45, 7) is 6.47. The van der Waals surface area contributed by atoms with Crippen molar-refractivity contribution in [3.8, 4) is 0 Å². The molecular formula is C70H124O6. The summed E-state index contributed by atoms with van der Waals surface area (Å²) in [5, 5.41) is 0. The fraction of sp³-hybridized carbons (Fsp3) is 0.786. The third-order valence-electron chi connectivity index (χ3n) is 14.5. The second-order valence-corrected chi connectivity index (χ2v) is 22.0.